The molecular weight excluding hydrogens is 238 g/mol. The maximum atomic E-state index is 12.0. The van der Waals surface area contributed by atoms with Gasteiger partial charge in [0.2, 0.25) is 0 Å². The molecule has 2 aromatic rings. The van der Waals surface area contributed by atoms with Crippen LogP contribution in [-0.4, -0.2) is 25.5 Å². The fourth-order valence-corrected chi connectivity index (χ4v) is 2.11. The number of aromatic nitrogens is 4. The Labute approximate surface area is 103 Å². The van der Waals surface area contributed by atoms with Crippen LogP contribution in [0, 0.1) is 0 Å². The van der Waals surface area contributed by atoms with Crippen LogP contribution in [0.1, 0.15) is 41.1 Å². The predicted octanol–water partition coefficient (Wildman–Crippen LogP) is 1.31. The number of nitrogens with zero attached hydrogens (tertiary/aromatic N) is 3. The topological polar surface area (TPSA) is 83.6 Å². The number of amides is 1. The molecule has 0 saturated heterocycles. The minimum Gasteiger partial charge on any atom is -0.347 e. The summed E-state index contributed by atoms with van der Waals surface area (Å²) in [5, 5.41) is 6.77. The molecule has 0 bridgehead atoms. The molecule has 1 unspecified atom stereocenters. The highest BCUT2D eigenvalue weighted by Gasteiger charge is 2.18. The first kappa shape index (κ1) is 11.7. The third-order valence-electron chi connectivity index (χ3n) is 2.37. The molecule has 0 saturated carbocycles. The Hall–Kier alpha value is -1.76. The fraction of sp³-hybridized carbons (Fsp3) is 0.400. The van der Waals surface area contributed by atoms with Gasteiger partial charge in [0.05, 0.1) is 11.7 Å². The number of hydrogen-bond acceptors (Lipinski definition) is 5. The molecule has 2 N–H and O–H groups in total. The molecule has 0 aliphatic rings. The van der Waals surface area contributed by atoms with E-state index in [0.717, 1.165) is 23.1 Å². The van der Waals surface area contributed by atoms with E-state index in [9.17, 15) is 4.79 Å². The van der Waals surface area contributed by atoms with Crippen molar-refractivity contribution in [3.05, 3.63) is 28.8 Å². The molecule has 17 heavy (non-hydrogen) atoms. The number of nitrogens with one attached hydrogen (secondary N) is 2. The van der Waals surface area contributed by atoms with Crippen molar-refractivity contribution < 1.29 is 4.79 Å². The number of aromatic amines is 1. The molecule has 0 spiro atoms. The van der Waals surface area contributed by atoms with Crippen molar-refractivity contribution in [3.63, 3.8) is 0 Å². The van der Waals surface area contributed by atoms with Gasteiger partial charge in [-0.1, -0.05) is 11.4 Å². The molecule has 0 aliphatic carbocycles. The smallest absolute Gasteiger partial charge is 0.265 e. The van der Waals surface area contributed by atoms with Crippen LogP contribution >= 0.6 is 11.5 Å². The van der Waals surface area contributed by atoms with E-state index in [4.69, 9.17) is 0 Å². The van der Waals surface area contributed by atoms with Crippen LogP contribution in [0.4, 0.5) is 0 Å². The van der Waals surface area contributed by atoms with Gasteiger partial charge in [0.15, 0.2) is 0 Å². The quantitative estimate of drug-likeness (QED) is 0.858. The normalized spacial score (nSPS) is 12.4. The van der Waals surface area contributed by atoms with Gasteiger partial charge in [0.1, 0.15) is 10.7 Å². The Kier molecular flexibility index (Phi) is 3.48. The van der Waals surface area contributed by atoms with Gasteiger partial charge < -0.3 is 10.3 Å². The van der Waals surface area contributed by atoms with Crippen molar-refractivity contribution in [2.24, 2.45) is 0 Å². The maximum absolute atomic E-state index is 12.0. The van der Waals surface area contributed by atoms with Crippen LogP contribution in [0.25, 0.3) is 0 Å². The SMILES string of the molecule is CCc1nnsc1C(=O)NC(C)c1ncc[nH]1. The van der Waals surface area contributed by atoms with E-state index in [1.807, 2.05) is 13.8 Å². The number of carbonyl (C=O) groups excluding carboxylic acids is 1. The molecule has 6 nitrogen and oxygen atoms in total. The summed E-state index contributed by atoms with van der Waals surface area (Å²) < 4.78 is 3.79. The molecule has 0 aliphatic heterocycles. The monoisotopic (exact) mass is 251 g/mol. The van der Waals surface area contributed by atoms with Crippen LogP contribution in [0.5, 0.6) is 0 Å². The highest BCUT2D eigenvalue weighted by Crippen LogP contribution is 2.13. The Morgan fingerprint density at radius 2 is 2.47 bits per heavy atom. The summed E-state index contributed by atoms with van der Waals surface area (Å²) in [7, 11) is 0. The minimum absolute atomic E-state index is 0.152. The number of imidazole rings is 1. The van der Waals surface area contributed by atoms with Crippen LogP contribution < -0.4 is 5.32 Å². The van der Waals surface area contributed by atoms with Gasteiger partial charge in [0.25, 0.3) is 5.91 Å². The van der Waals surface area contributed by atoms with Gasteiger partial charge in [-0.3, -0.25) is 4.79 Å². The van der Waals surface area contributed by atoms with Crippen LogP contribution in [0.2, 0.25) is 0 Å². The van der Waals surface area contributed by atoms with Gasteiger partial charge in [-0.2, -0.15) is 0 Å². The number of aryl methyl sites for hydroxylation is 1. The van der Waals surface area contributed by atoms with E-state index in [1.165, 1.54) is 0 Å². The first-order valence-corrected chi connectivity index (χ1v) is 6.11. The van der Waals surface area contributed by atoms with Gasteiger partial charge in [0, 0.05) is 12.4 Å². The van der Waals surface area contributed by atoms with Crippen LogP contribution in [0.3, 0.4) is 0 Å². The molecule has 2 rings (SSSR count). The molecule has 7 heteroatoms. The summed E-state index contributed by atoms with van der Waals surface area (Å²) in [6.07, 6.45) is 4.09. The molecule has 1 atom stereocenters. The zero-order chi connectivity index (χ0) is 12.3. The lowest BCUT2D eigenvalue weighted by Gasteiger charge is -2.10. The Morgan fingerprint density at radius 3 is 3.12 bits per heavy atom. The van der Waals surface area contributed by atoms with Crippen molar-refractivity contribution in [1.82, 2.24) is 24.9 Å². The lowest BCUT2D eigenvalue weighted by atomic mass is 10.2. The van der Waals surface area contributed by atoms with E-state index < -0.39 is 0 Å². The standard InChI is InChI=1S/C10H13N5OS/c1-3-7-8(17-15-14-7)10(16)13-6(2)9-11-4-5-12-9/h4-6H,3H2,1-2H3,(H,11,12)(H,13,16). The van der Waals surface area contributed by atoms with Gasteiger partial charge in [-0.15, -0.1) is 5.10 Å². The van der Waals surface area contributed by atoms with Crippen molar-refractivity contribution in [2.45, 2.75) is 26.3 Å². The summed E-state index contributed by atoms with van der Waals surface area (Å²) in [5.74, 6) is 0.578. The first-order chi connectivity index (χ1) is 8.22. The van der Waals surface area contributed by atoms with E-state index in [0.29, 0.717) is 11.3 Å². The summed E-state index contributed by atoms with van der Waals surface area (Å²) in [6.45, 7) is 3.82. The highest BCUT2D eigenvalue weighted by atomic mass is 32.1. The highest BCUT2D eigenvalue weighted by molar-refractivity contribution is 7.08. The molecule has 0 fully saturated rings. The Morgan fingerprint density at radius 1 is 1.65 bits per heavy atom. The molecule has 0 aromatic carbocycles. The average molecular weight is 251 g/mol. The van der Waals surface area contributed by atoms with Gasteiger partial charge in [-0.05, 0) is 24.9 Å². The molecule has 0 radical (unpaired) electrons. The summed E-state index contributed by atoms with van der Waals surface area (Å²) in [4.78, 5) is 19.6. The summed E-state index contributed by atoms with van der Waals surface area (Å²) in [5.41, 5.74) is 0.735. The second-order valence-corrected chi connectivity index (χ2v) is 4.33. The minimum atomic E-state index is -0.163. The molecule has 90 valence electrons. The summed E-state index contributed by atoms with van der Waals surface area (Å²) in [6, 6.07) is -0.163. The van der Waals surface area contributed by atoms with Crippen molar-refractivity contribution in [1.29, 1.82) is 0 Å². The second-order valence-electron chi connectivity index (χ2n) is 3.57. The van der Waals surface area contributed by atoms with E-state index in [2.05, 4.69) is 24.9 Å². The van der Waals surface area contributed by atoms with Crippen molar-refractivity contribution in [2.75, 3.05) is 0 Å². The number of rotatable bonds is 4. The Balaban J connectivity index is 2.07. The largest absolute Gasteiger partial charge is 0.347 e. The summed E-state index contributed by atoms with van der Waals surface area (Å²) >= 11 is 1.12. The van der Waals surface area contributed by atoms with Crippen molar-refractivity contribution in [3.8, 4) is 0 Å². The molecule has 2 heterocycles. The average Bonchev–Trinajstić information content (AvgIpc) is 2.99. The van der Waals surface area contributed by atoms with Gasteiger partial charge >= 0.3 is 0 Å². The third kappa shape index (κ3) is 2.50. The maximum Gasteiger partial charge on any atom is 0.265 e. The van der Waals surface area contributed by atoms with Crippen LogP contribution in [0.15, 0.2) is 12.4 Å². The fourth-order valence-electron chi connectivity index (χ4n) is 1.46. The first-order valence-electron chi connectivity index (χ1n) is 5.33. The molecule has 2 aromatic heterocycles. The number of hydrogen-bond donors (Lipinski definition) is 2. The van der Waals surface area contributed by atoms with E-state index in [1.54, 1.807) is 12.4 Å². The lowest BCUT2D eigenvalue weighted by molar-refractivity contribution is 0.0941. The Bertz CT molecular complexity index is 493. The lowest BCUT2D eigenvalue weighted by Crippen LogP contribution is -2.27. The van der Waals surface area contributed by atoms with E-state index in [-0.39, 0.29) is 11.9 Å². The van der Waals surface area contributed by atoms with Crippen LogP contribution in [-0.2, 0) is 6.42 Å². The van der Waals surface area contributed by atoms with Gasteiger partial charge in [-0.25, -0.2) is 4.98 Å². The zero-order valence-electron chi connectivity index (χ0n) is 9.60. The predicted molar refractivity (Wildman–Crippen MR) is 63.8 cm³/mol. The van der Waals surface area contributed by atoms with E-state index >= 15 is 0 Å². The number of carbonyl (C=O) groups is 1. The third-order valence-corrected chi connectivity index (χ3v) is 3.14. The number of H-pyrrole nitrogens is 1. The zero-order valence-corrected chi connectivity index (χ0v) is 10.4. The molecular formula is C10H13N5OS. The van der Waals surface area contributed by atoms with Crippen molar-refractivity contribution >= 4 is 17.4 Å². The second kappa shape index (κ2) is 5.05. The molecule has 1 amide bonds.